The lowest BCUT2D eigenvalue weighted by atomic mass is 10.2. The van der Waals surface area contributed by atoms with E-state index in [4.69, 9.17) is 0 Å². The lowest BCUT2D eigenvalue weighted by molar-refractivity contribution is -0.687. The van der Waals surface area contributed by atoms with Crippen LogP contribution in [0, 0.1) is 0 Å². The number of ketones is 1. The molecule has 0 aliphatic carbocycles. The van der Waals surface area contributed by atoms with Crippen molar-refractivity contribution in [3.63, 3.8) is 0 Å². The topological polar surface area (TPSA) is 20.9 Å². The van der Waals surface area contributed by atoms with Gasteiger partial charge in [0.25, 0.3) is 0 Å². The second-order valence-corrected chi connectivity index (χ2v) is 3.63. The monoisotopic (exact) mass is 190 g/mol. The molecular weight excluding hydrogens is 174 g/mol. The van der Waals surface area contributed by atoms with Crippen LogP contribution in [-0.2, 0) is 6.54 Å². The van der Waals surface area contributed by atoms with Gasteiger partial charge in [-0.05, 0) is 32.9 Å². The fourth-order valence-electron chi connectivity index (χ4n) is 1.13. The lowest BCUT2D eigenvalue weighted by Crippen LogP contribution is -2.32. The van der Waals surface area contributed by atoms with Crippen LogP contribution >= 0.6 is 0 Å². The summed E-state index contributed by atoms with van der Waals surface area (Å²) in [6.07, 6.45) is 5.97. The SMILES string of the molecule is CC(=O)c1ccc[n+](CC=C(C)C)c1. The van der Waals surface area contributed by atoms with Crippen molar-refractivity contribution in [2.75, 3.05) is 0 Å². The van der Waals surface area contributed by atoms with Crippen molar-refractivity contribution in [2.24, 2.45) is 0 Å². The Morgan fingerprint density at radius 1 is 1.43 bits per heavy atom. The predicted molar refractivity (Wildman–Crippen MR) is 56.1 cm³/mol. The second kappa shape index (κ2) is 4.70. The standard InChI is InChI=1S/C12H16NO/c1-10(2)6-8-13-7-4-5-12(9-13)11(3)14/h4-7,9H,8H2,1-3H3/q+1. The van der Waals surface area contributed by atoms with Gasteiger partial charge in [-0.1, -0.05) is 5.57 Å². The first-order valence-corrected chi connectivity index (χ1v) is 4.73. The normalized spacial score (nSPS) is 9.64. The Bertz CT molecular complexity index is 362. The molecule has 0 unspecified atom stereocenters. The van der Waals surface area contributed by atoms with Crippen molar-refractivity contribution in [2.45, 2.75) is 27.3 Å². The van der Waals surface area contributed by atoms with Crippen LogP contribution in [0.25, 0.3) is 0 Å². The summed E-state index contributed by atoms with van der Waals surface area (Å²) in [6, 6.07) is 3.73. The number of allylic oxidation sites excluding steroid dienone is 2. The number of pyridine rings is 1. The van der Waals surface area contributed by atoms with Gasteiger partial charge < -0.3 is 0 Å². The van der Waals surface area contributed by atoms with Gasteiger partial charge in [0.1, 0.15) is 0 Å². The fourth-order valence-corrected chi connectivity index (χ4v) is 1.13. The Labute approximate surface area is 84.9 Å². The molecule has 0 aliphatic heterocycles. The third-order valence-corrected chi connectivity index (χ3v) is 1.98. The van der Waals surface area contributed by atoms with Crippen molar-refractivity contribution in [1.82, 2.24) is 0 Å². The van der Waals surface area contributed by atoms with Gasteiger partial charge in [0.2, 0.25) is 0 Å². The number of carbonyl (C=O) groups excluding carboxylic acids is 1. The highest BCUT2D eigenvalue weighted by Crippen LogP contribution is 1.95. The van der Waals surface area contributed by atoms with Gasteiger partial charge in [-0.2, -0.15) is 0 Å². The summed E-state index contributed by atoms with van der Waals surface area (Å²) in [5.41, 5.74) is 2.04. The molecule has 0 saturated heterocycles. The lowest BCUT2D eigenvalue weighted by Gasteiger charge is -1.95. The van der Waals surface area contributed by atoms with E-state index in [9.17, 15) is 4.79 Å². The molecule has 0 amide bonds. The van der Waals surface area contributed by atoms with E-state index in [0.29, 0.717) is 0 Å². The van der Waals surface area contributed by atoms with Crippen LogP contribution in [0.2, 0.25) is 0 Å². The molecule has 0 fully saturated rings. The van der Waals surface area contributed by atoms with E-state index in [1.165, 1.54) is 5.57 Å². The molecule has 14 heavy (non-hydrogen) atoms. The first-order chi connectivity index (χ1) is 6.59. The zero-order valence-corrected chi connectivity index (χ0v) is 8.95. The zero-order valence-electron chi connectivity index (χ0n) is 8.95. The summed E-state index contributed by atoms with van der Waals surface area (Å²) < 4.78 is 2.00. The van der Waals surface area contributed by atoms with E-state index in [2.05, 4.69) is 19.9 Å². The molecule has 0 spiro atoms. The number of aromatic nitrogens is 1. The van der Waals surface area contributed by atoms with Crippen LogP contribution in [0.15, 0.2) is 36.2 Å². The molecule has 1 heterocycles. The van der Waals surface area contributed by atoms with Gasteiger partial charge in [-0.15, -0.1) is 0 Å². The van der Waals surface area contributed by atoms with Gasteiger partial charge in [0, 0.05) is 6.07 Å². The van der Waals surface area contributed by atoms with E-state index in [1.807, 2.05) is 29.1 Å². The van der Waals surface area contributed by atoms with Crippen LogP contribution in [0.3, 0.4) is 0 Å². The smallest absolute Gasteiger partial charge is 0.179 e. The molecule has 0 saturated carbocycles. The average Bonchev–Trinajstić information content (AvgIpc) is 2.15. The Morgan fingerprint density at radius 2 is 2.14 bits per heavy atom. The van der Waals surface area contributed by atoms with E-state index >= 15 is 0 Å². The van der Waals surface area contributed by atoms with Gasteiger partial charge in [-0.25, -0.2) is 4.57 Å². The maximum atomic E-state index is 11.1. The third-order valence-electron chi connectivity index (χ3n) is 1.98. The molecule has 2 heteroatoms. The number of hydrogen-bond acceptors (Lipinski definition) is 1. The molecule has 1 aromatic rings. The summed E-state index contributed by atoms with van der Waals surface area (Å²) in [5.74, 6) is 0.108. The second-order valence-electron chi connectivity index (χ2n) is 3.63. The number of carbonyl (C=O) groups is 1. The molecule has 0 atom stereocenters. The molecule has 1 aromatic heterocycles. The van der Waals surface area contributed by atoms with E-state index in [-0.39, 0.29) is 5.78 Å². The highest BCUT2D eigenvalue weighted by Gasteiger charge is 2.04. The first kappa shape index (κ1) is 10.6. The Hall–Kier alpha value is -1.44. The molecule has 2 nitrogen and oxygen atoms in total. The number of nitrogens with zero attached hydrogens (tertiary/aromatic N) is 1. The minimum atomic E-state index is 0.108. The number of hydrogen-bond donors (Lipinski definition) is 0. The predicted octanol–water partition coefficient (Wildman–Crippen LogP) is 2.14. The largest absolute Gasteiger partial charge is 0.294 e. The zero-order chi connectivity index (χ0) is 10.6. The van der Waals surface area contributed by atoms with Crippen molar-refractivity contribution in [3.05, 3.63) is 41.7 Å². The van der Waals surface area contributed by atoms with E-state index in [1.54, 1.807) is 6.92 Å². The summed E-state index contributed by atoms with van der Waals surface area (Å²) in [6.45, 7) is 6.54. The fraction of sp³-hybridized carbons (Fsp3) is 0.333. The van der Waals surface area contributed by atoms with E-state index < -0.39 is 0 Å². The van der Waals surface area contributed by atoms with Crippen LogP contribution in [0.1, 0.15) is 31.1 Å². The van der Waals surface area contributed by atoms with Crippen LogP contribution in [0.4, 0.5) is 0 Å². The molecule has 0 aliphatic rings. The van der Waals surface area contributed by atoms with Crippen molar-refractivity contribution < 1.29 is 9.36 Å². The molecule has 74 valence electrons. The quantitative estimate of drug-likeness (QED) is 0.406. The Morgan fingerprint density at radius 3 is 2.71 bits per heavy atom. The van der Waals surface area contributed by atoms with Crippen LogP contribution in [0.5, 0.6) is 0 Å². The number of Topliss-reactive ketones (excluding diaryl/α,β-unsaturated/α-hetero) is 1. The van der Waals surface area contributed by atoms with Crippen LogP contribution in [-0.4, -0.2) is 5.78 Å². The van der Waals surface area contributed by atoms with E-state index in [0.717, 1.165) is 12.1 Å². The maximum absolute atomic E-state index is 11.1. The minimum Gasteiger partial charge on any atom is -0.294 e. The first-order valence-electron chi connectivity index (χ1n) is 4.73. The average molecular weight is 190 g/mol. The third kappa shape index (κ3) is 3.13. The molecular formula is C12H16NO+. The Balaban J connectivity index is 2.84. The summed E-state index contributed by atoms with van der Waals surface area (Å²) in [4.78, 5) is 11.1. The van der Waals surface area contributed by atoms with Crippen LogP contribution < -0.4 is 4.57 Å². The highest BCUT2D eigenvalue weighted by molar-refractivity contribution is 5.93. The summed E-state index contributed by atoms with van der Waals surface area (Å²) in [5, 5.41) is 0. The van der Waals surface area contributed by atoms with Gasteiger partial charge in [-0.3, -0.25) is 4.79 Å². The van der Waals surface area contributed by atoms with Crippen molar-refractivity contribution >= 4 is 5.78 Å². The number of rotatable bonds is 3. The van der Waals surface area contributed by atoms with Gasteiger partial charge in [0.15, 0.2) is 24.7 Å². The van der Waals surface area contributed by atoms with Gasteiger partial charge in [0.05, 0.1) is 5.56 Å². The summed E-state index contributed by atoms with van der Waals surface area (Å²) >= 11 is 0. The van der Waals surface area contributed by atoms with Crippen molar-refractivity contribution in [1.29, 1.82) is 0 Å². The van der Waals surface area contributed by atoms with Gasteiger partial charge >= 0.3 is 0 Å². The maximum Gasteiger partial charge on any atom is 0.179 e. The molecule has 1 rings (SSSR count). The molecule has 0 aromatic carbocycles. The molecule has 0 radical (unpaired) electrons. The minimum absolute atomic E-state index is 0.108. The summed E-state index contributed by atoms with van der Waals surface area (Å²) in [7, 11) is 0. The highest BCUT2D eigenvalue weighted by atomic mass is 16.1. The Kier molecular flexibility index (Phi) is 3.57. The molecule has 0 bridgehead atoms. The molecule has 0 N–H and O–H groups in total. The van der Waals surface area contributed by atoms with Crippen molar-refractivity contribution in [3.8, 4) is 0 Å².